The van der Waals surface area contributed by atoms with E-state index in [0.717, 1.165) is 28.5 Å². The average Bonchev–Trinajstić information content (AvgIpc) is 3.37. The lowest BCUT2D eigenvalue weighted by molar-refractivity contribution is 0.0733. The van der Waals surface area contributed by atoms with E-state index in [4.69, 9.17) is 9.47 Å². The zero-order valence-electron chi connectivity index (χ0n) is 12.4. The van der Waals surface area contributed by atoms with Gasteiger partial charge in [-0.15, -0.1) is 0 Å². The van der Waals surface area contributed by atoms with Gasteiger partial charge in [0.2, 0.25) is 0 Å². The second-order valence-electron chi connectivity index (χ2n) is 5.82. The molecule has 2 aliphatic carbocycles. The van der Waals surface area contributed by atoms with Crippen molar-refractivity contribution in [3.63, 3.8) is 0 Å². The topological polar surface area (TPSA) is 38.8 Å². The molecule has 1 aromatic rings. The average molecular weight is 401 g/mol. The molecule has 0 heterocycles. The minimum atomic E-state index is 0.134. The van der Waals surface area contributed by atoms with Crippen molar-refractivity contribution in [3.8, 4) is 11.5 Å². The van der Waals surface area contributed by atoms with Crippen LogP contribution >= 0.6 is 22.6 Å². The lowest BCUT2D eigenvalue weighted by atomic mass is 10.1. The highest BCUT2D eigenvalue weighted by Gasteiger charge is 2.37. The molecule has 0 N–H and O–H groups in total. The van der Waals surface area contributed by atoms with Gasteiger partial charge in [-0.2, -0.15) is 0 Å². The van der Waals surface area contributed by atoms with Crippen LogP contribution in [0.25, 0.3) is 0 Å². The summed E-state index contributed by atoms with van der Waals surface area (Å²) >= 11 is 2.20. The molecule has 1 amide bonds. The number of amides is 1. The number of hydrogen-bond donors (Lipinski definition) is 0. The zero-order chi connectivity index (χ0) is 15.0. The number of ether oxygens (including phenoxy) is 2. The molecule has 21 heavy (non-hydrogen) atoms. The molecule has 0 radical (unpaired) electrons. The van der Waals surface area contributed by atoms with Crippen molar-refractivity contribution < 1.29 is 14.3 Å². The molecule has 0 atom stereocenters. The van der Waals surface area contributed by atoms with Crippen molar-refractivity contribution in [3.05, 3.63) is 21.3 Å². The van der Waals surface area contributed by atoms with Crippen molar-refractivity contribution in [2.75, 3.05) is 20.8 Å². The summed E-state index contributed by atoms with van der Waals surface area (Å²) in [6.07, 6.45) is 4.81. The van der Waals surface area contributed by atoms with Gasteiger partial charge in [-0.25, -0.2) is 0 Å². The number of hydrogen-bond acceptors (Lipinski definition) is 3. The van der Waals surface area contributed by atoms with E-state index in [1.54, 1.807) is 14.2 Å². The Balaban J connectivity index is 1.88. The van der Waals surface area contributed by atoms with E-state index in [9.17, 15) is 4.79 Å². The van der Waals surface area contributed by atoms with E-state index in [1.165, 1.54) is 12.8 Å². The monoisotopic (exact) mass is 401 g/mol. The molecule has 0 aromatic heterocycles. The van der Waals surface area contributed by atoms with Gasteiger partial charge in [-0.3, -0.25) is 4.79 Å². The summed E-state index contributed by atoms with van der Waals surface area (Å²) in [4.78, 5) is 15.0. The van der Waals surface area contributed by atoms with E-state index in [-0.39, 0.29) is 5.91 Å². The van der Waals surface area contributed by atoms with Gasteiger partial charge in [-0.05, 0) is 66.3 Å². The van der Waals surface area contributed by atoms with Crippen LogP contribution in [0.1, 0.15) is 36.0 Å². The molecule has 0 bridgehead atoms. The molecular weight excluding hydrogens is 381 g/mol. The summed E-state index contributed by atoms with van der Waals surface area (Å²) in [5.74, 6) is 2.13. The van der Waals surface area contributed by atoms with Crippen LogP contribution in [0.2, 0.25) is 0 Å². The number of halogens is 1. The first-order valence-corrected chi connectivity index (χ1v) is 8.44. The van der Waals surface area contributed by atoms with Crippen LogP contribution in [0.4, 0.5) is 0 Å². The Labute approximate surface area is 138 Å². The normalized spacial score (nSPS) is 17.5. The number of nitrogens with zero attached hydrogens (tertiary/aromatic N) is 1. The molecule has 0 aliphatic heterocycles. The predicted octanol–water partition coefficient (Wildman–Crippen LogP) is 3.32. The second-order valence-corrected chi connectivity index (χ2v) is 6.98. The highest BCUT2D eigenvalue weighted by molar-refractivity contribution is 14.1. The SMILES string of the molecule is COc1cc(I)c(C(=O)N(CC2CC2)C2CC2)cc1OC. The predicted molar refractivity (Wildman–Crippen MR) is 89.0 cm³/mol. The van der Waals surface area contributed by atoms with Gasteiger partial charge < -0.3 is 14.4 Å². The molecule has 0 saturated heterocycles. The molecule has 4 nitrogen and oxygen atoms in total. The summed E-state index contributed by atoms with van der Waals surface area (Å²) in [6, 6.07) is 4.13. The fraction of sp³-hybridized carbons (Fsp3) is 0.562. The number of methoxy groups -OCH3 is 2. The quantitative estimate of drug-likeness (QED) is 0.687. The van der Waals surface area contributed by atoms with Crippen molar-refractivity contribution in [2.45, 2.75) is 31.7 Å². The lowest BCUT2D eigenvalue weighted by Crippen LogP contribution is -2.35. The van der Waals surface area contributed by atoms with Gasteiger partial charge in [0.1, 0.15) is 0 Å². The molecule has 2 fully saturated rings. The molecule has 5 heteroatoms. The van der Waals surface area contributed by atoms with E-state index >= 15 is 0 Å². The van der Waals surface area contributed by atoms with Gasteiger partial charge in [0, 0.05) is 16.2 Å². The van der Waals surface area contributed by atoms with Crippen LogP contribution in [0.3, 0.4) is 0 Å². The molecule has 114 valence electrons. The van der Waals surface area contributed by atoms with Crippen LogP contribution in [-0.2, 0) is 0 Å². The maximum Gasteiger partial charge on any atom is 0.255 e. The van der Waals surface area contributed by atoms with Crippen molar-refractivity contribution in [1.29, 1.82) is 0 Å². The molecule has 0 spiro atoms. The van der Waals surface area contributed by atoms with E-state index in [0.29, 0.717) is 23.5 Å². The maximum atomic E-state index is 12.9. The molecule has 1 aromatic carbocycles. The Morgan fingerprint density at radius 1 is 1.19 bits per heavy atom. The van der Waals surface area contributed by atoms with Crippen molar-refractivity contribution >= 4 is 28.5 Å². The number of benzene rings is 1. The molecule has 0 unspecified atom stereocenters. The first-order chi connectivity index (χ1) is 10.1. The fourth-order valence-electron chi connectivity index (χ4n) is 2.54. The minimum absolute atomic E-state index is 0.134. The number of carbonyl (C=O) groups is 1. The van der Waals surface area contributed by atoms with Crippen molar-refractivity contribution in [1.82, 2.24) is 4.90 Å². The molecule has 2 saturated carbocycles. The van der Waals surface area contributed by atoms with Crippen molar-refractivity contribution in [2.24, 2.45) is 5.92 Å². The van der Waals surface area contributed by atoms with Crippen LogP contribution in [-0.4, -0.2) is 37.6 Å². The Morgan fingerprint density at radius 3 is 2.33 bits per heavy atom. The molecule has 2 aliphatic rings. The highest BCUT2D eigenvalue weighted by atomic mass is 127. The number of carbonyl (C=O) groups excluding carboxylic acids is 1. The van der Waals surface area contributed by atoms with Gasteiger partial charge in [-0.1, -0.05) is 0 Å². The van der Waals surface area contributed by atoms with E-state index in [2.05, 4.69) is 27.5 Å². The molecular formula is C16H20INO3. The van der Waals surface area contributed by atoms with E-state index in [1.807, 2.05) is 12.1 Å². The summed E-state index contributed by atoms with van der Waals surface area (Å²) in [6.45, 7) is 0.911. The molecule has 3 rings (SSSR count). The Hall–Kier alpha value is -0.980. The first-order valence-electron chi connectivity index (χ1n) is 7.36. The standard InChI is InChI=1S/C16H20INO3/c1-20-14-7-12(13(17)8-15(14)21-2)16(19)18(11-5-6-11)9-10-3-4-10/h7-8,10-11H,3-6,9H2,1-2H3. The van der Waals surface area contributed by atoms with Gasteiger partial charge in [0.25, 0.3) is 5.91 Å². The summed E-state index contributed by atoms with van der Waals surface area (Å²) in [5.41, 5.74) is 0.723. The Kier molecular flexibility index (Phi) is 4.28. The third-order valence-corrected chi connectivity index (χ3v) is 5.00. The van der Waals surface area contributed by atoms with Crippen LogP contribution < -0.4 is 9.47 Å². The van der Waals surface area contributed by atoms with Gasteiger partial charge in [0.05, 0.1) is 19.8 Å². The lowest BCUT2D eigenvalue weighted by Gasteiger charge is -2.23. The summed E-state index contributed by atoms with van der Waals surface area (Å²) < 4.78 is 11.5. The first kappa shape index (κ1) is 14.9. The maximum absolute atomic E-state index is 12.9. The van der Waals surface area contributed by atoms with E-state index < -0.39 is 0 Å². The summed E-state index contributed by atoms with van der Waals surface area (Å²) in [7, 11) is 3.21. The zero-order valence-corrected chi connectivity index (χ0v) is 14.6. The Morgan fingerprint density at radius 2 is 1.81 bits per heavy atom. The highest BCUT2D eigenvalue weighted by Crippen LogP contribution is 2.37. The van der Waals surface area contributed by atoms with Gasteiger partial charge >= 0.3 is 0 Å². The Bertz CT molecular complexity index is 553. The second kappa shape index (κ2) is 6.02. The van der Waals surface area contributed by atoms with Crippen LogP contribution in [0.15, 0.2) is 12.1 Å². The minimum Gasteiger partial charge on any atom is -0.493 e. The fourth-order valence-corrected chi connectivity index (χ4v) is 3.20. The van der Waals surface area contributed by atoms with Crippen LogP contribution in [0, 0.1) is 9.49 Å². The smallest absolute Gasteiger partial charge is 0.255 e. The largest absolute Gasteiger partial charge is 0.493 e. The third kappa shape index (κ3) is 3.27. The number of rotatable bonds is 6. The van der Waals surface area contributed by atoms with Gasteiger partial charge in [0.15, 0.2) is 11.5 Å². The summed E-state index contributed by atoms with van der Waals surface area (Å²) in [5, 5.41) is 0. The van der Waals surface area contributed by atoms with Crippen LogP contribution in [0.5, 0.6) is 11.5 Å². The third-order valence-electron chi connectivity index (χ3n) is 4.10.